The van der Waals surface area contributed by atoms with Gasteiger partial charge >= 0.3 is 0 Å². The van der Waals surface area contributed by atoms with Crippen molar-refractivity contribution in [3.63, 3.8) is 0 Å². The van der Waals surface area contributed by atoms with Crippen LogP contribution in [-0.2, 0) is 16.0 Å². The Balaban J connectivity index is 1.80. The molecule has 1 saturated heterocycles. The van der Waals surface area contributed by atoms with Gasteiger partial charge in [0.15, 0.2) is 0 Å². The molecule has 0 spiro atoms. The molecule has 2 aliphatic rings. The van der Waals surface area contributed by atoms with Crippen molar-refractivity contribution in [2.75, 3.05) is 11.9 Å². The average Bonchev–Trinajstić information content (AvgIpc) is 2.96. The number of halogens is 1. The van der Waals surface area contributed by atoms with E-state index < -0.39 is 0 Å². The summed E-state index contributed by atoms with van der Waals surface area (Å²) < 4.78 is 5.61. The minimum absolute atomic E-state index is 0.0101. The molecule has 2 unspecified atom stereocenters. The van der Waals surface area contributed by atoms with Gasteiger partial charge in [-0.3, -0.25) is 4.79 Å². The molecule has 0 bridgehead atoms. The topological polar surface area (TPSA) is 64.3 Å². The molecule has 19 heavy (non-hydrogen) atoms. The summed E-state index contributed by atoms with van der Waals surface area (Å²) in [6.45, 7) is 0.827. The fourth-order valence-electron chi connectivity index (χ4n) is 2.79. The van der Waals surface area contributed by atoms with Gasteiger partial charge in [-0.05, 0) is 36.5 Å². The molecule has 5 heteroatoms. The van der Waals surface area contributed by atoms with Crippen molar-refractivity contribution in [3.05, 3.63) is 28.3 Å². The Kier molecular flexibility index (Phi) is 3.48. The zero-order valence-electron chi connectivity index (χ0n) is 10.6. The fourth-order valence-corrected chi connectivity index (χ4v) is 3.10. The van der Waals surface area contributed by atoms with Crippen LogP contribution in [0, 0.1) is 0 Å². The van der Waals surface area contributed by atoms with Crippen molar-refractivity contribution in [3.8, 4) is 0 Å². The quantitative estimate of drug-likeness (QED) is 0.894. The molecule has 1 amide bonds. The van der Waals surface area contributed by atoms with E-state index in [2.05, 4.69) is 5.32 Å². The largest absolute Gasteiger partial charge is 0.378 e. The maximum Gasteiger partial charge on any atom is 0.228 e. The Morgan fingerprint density at radius 1 is 1.53 bits per heavy atom. The van der Waals surface area contributed by atoms with E-state index in [1.165, 1.54) is 0 Å². The van der Waals surface area contributed by atoms with Crippen LogP contribution in [0.5, 0.6) is 0 Å². The van der Waals surface area contributed by atoms with Gasteiger partial charge in [-0.2, -0.15) is 0 Å². The minimum atomic E-state index is -0.142. The molecule has 2 atom stereocenters. The highest BCUT2D eigenvalue weighted by atomic mass is 35.5. The smallest absolute Gasteiger partial charge is 0.228 e. The van der Waals surface area contributed by atoms with Crippen molar-refractivity contribution in [1.29, 1.82) is 0 Å². The van der Waals surface area contributed by atoms with Crippen LogP contribution in [0.1, 0.15) is 36.4 Å². The highest BCUT2D eigenvalue weighted by Crippen LogP contribution is 2.34. The van der Waals surface area contributed by atoms with Crippen molar-refractivity contribution in [1.82, 2.24) is 0 Å². The molecule has 3 N–H and O–H groups in total. The molecule has 102 valence electrons. The van der Waals surface area contributed by atoms with Gasteiger partial charge in [-0.25, -0.2) is 0 Å². The zero-order valence-corrected chi connectivity index (χ0v) is 11.4. The average molecular weight is 281 g/mol. The third kappa shape index (κ3) is 2.61. The van der Waals surface area contributed by atoms with Gasteiger partial charge in [0.05, 0.1) is 12.5 Å². The summed E-state index contributed by atoms with van der Waals surface area (Å²) in [6.07, 6.45) is 3.59. The first-order chi connectivity index (χ1) is 9.13. The van der Waals surface area contributed by atoms with E-state index in [9.17, 15) is 4.79 Å². The van der Waals surface area contributed by atoms with Gasteiger partial charge in [0.1, 0.15) is 0 Å². The highest BCUT2D eigenvalue weighted by Gasteiger charge is 2.24. The lowest BCUT2D eigenvalue weighted by atomic mass is 9.97. The molecular weight excluding hydrogens is 264 g/mol. The predicted octanol–water partition coefficient (Wildman–Crippen LogP) is 2.40. The third-order valence-electron chi connectivity index (χ3n) is 3.79. The summed E-state index contributed by atoms with van der Waals surface area (Å²) in [7, 11) is 0. The number of hydrogen-bond donors (Lipinski definition) is 2. The maximum absolute atomic E-state index is 11.4. The van der Waals surface area contributed by atoms with Gasteiger partial charge in [-0.15, -0.1) is 0 Å². The van der Waals surface area contributed by atoms with Crippen molar-refractivity contribution < 1.29 is 9.53 Å². The number of fused-ring (bicyclic) bond motifs is 1. The number of nitrogens with two attached hydrogens (primary N) is 1. The number of benzene rings is 1. The number of carbonyl (C=O) groups is 1. The second-order valence-electron chi connectivity index (χ2n) is 5.23. The summed E-state index contributed by atoms with van der Waals surface area (Å²) in [6, 6.07) is 3.61. The van der Waals surface area contributed by atoms with Crippen LogP contribution in [0.25, 0.3) is 0 Å². The van der Waals surface area contributed by atoms with Gasteiger partial charge in [-0.1, -0.05) is 17.7 Å². The number of ether oxygens (including phenoxy) is 1. The predicted molar refractivity (Wildman–Crippen MR) is 74.3 cm³/mol. The van der Waals surface area contributed by atoms with Crippen molar-refractivity contribution in [2.24, 2.45) is 5.73 Å². The van der Waals surface area contributed by atoms with E-state index in [4.69, 9.17) is 22.1 Å². The monoisotopic (exact) mass is 280 g/mol. The number of anilines is 1. The van der Waals surface area contributed by atoms with Gasteiger partial charge < -0.3 is 15.8 Å². The lowest BCUT2D eigenvalue weighted by molar-refractivity contribution is -0.115. The molecule has 2 heterocycles. The normalized spacial score (nSPS) is 23.3. The van der Waals surface area contributed by atoms with Crippen LogP contribution < -0.4 is 11.1 Å². The number of amides is 1. The first kappa shape index (κ1) is 12.9. The van der Waals surface area contributed by atoms with Crippen molar-refractivity contribution >= 4 is 23.2 Å². The maximum atomic E-state index is 11.4. The van der Waals surface area contributed by atoms with Crippen LogP contribution in [0.2, 0.25) is 5.02 Å². The Hall–Kier alpha value is -1.10. The summed E-state index contributed by atoms with van der Waals surface area (Å²) in [5.41, 5.74) is 8.93. The number of rotatable bonds is 3. The SMILES string of the molecule is NC(CC1CCCO1)c1cc2c(cc1Cl)NC(=O)C2. The molecule has 2 aliphatic heterocycles. The summed E-state index contributed by atoms with van der Waals surface area (Å²) >= 11 is 6.26. The summed E-state index contributed by atoms with van der Waals surface area (Å²) in [5.74, 6) is 0.0101. The van der Waals surface area contributed by atoms with Gasteiger partial charge in [0, 0.05) is 23.4 Å². The Labute approximate surface area is 117 Å². The van der Waals surface area contributed by atoms with E-state index in [0.717, 1.165) is 42.7 Å². The molecule has 1 fully saturated rings. The van der Waals surface area contributed by atoms with E-state index in [0.29, 0.717) is 11.4 Å². The van der Waals surface area contributed by atoms with Crippen LogP contribution in [0.3, 0.4) is 0 Å². The van der Waals surface area contributed by atoms with E-state index in [1.807, 2.05) is 6.07 Å². The standard InChI is InChI=1S/C14H17ClN2O2/c15-11-7-13-8(5-14(18)17-13)4-10(11)12(16)6-9-2-1-3-19-9/h4,7,9,12H,1-3,5-6,16H2,(H,17,18). The second kappa shape index (κ2) is 5.12. The van der Waals surface area contributed by atoms with Crippen molar-refractivity contribution in [2.45, 2.75) is 37.8 Å². The second-order valence-corrected chi connectivity index (χ2v) is 5.64. The molecule has 0 aliphatic carbocycles. The molecule has 1 aromatic carbocycles. The lowest BCUT2D eigenvalue weighted by Gasteiger charge is -2.18. The van der Waals surface area contributed by atoms with Crippen LogP contribution >= 0.6 is 11.6 Å². The summed E-state index contributed by atoms with van der Waals surface area (Å²) in [5, 5.41) is 3.41. The van der Waals surface area contributed by atoms with Crippen LogP contribution in [0.4, 0.5) is 5.69 Å². The minimum Gasteiger partial charge on any atom is -0.378 e. The Morgan fingerprint density at radius 3 is 3.11 bits per heavy atom. The van der Waals surface area contributed by atoms with Gasteiger partial charge in [0.25, 0.3) is 0 Å². The molecule has 0 aromatic heterocycles. The Bertz CT molecular complexity index is 512. The zero-order chi connectivity index (χ0) is 13.4. The highest BCUT2D eigenvalue weighted by molar-refractivity contribution is 6.32. The summed E-state index contributed by atoms with van der Waals surface area (Å²) in [4.78, 5) is 11.4. The van der Waals surface area contributed by atoms with E-state index in [1.54, 1.807) is 6.07 Å². The number of nitrogens with one attached hydrogen (secondary N) is 1. The Morgan fingerprint density at radius 2 is 2.37 bits per heavy atom. The first-order valence-electron chi connectivity index (χ1n) is 6.63. The lowest BCUT2D eigenvalue weighted by Crippen LogP contribution is -2.18. The molecule has 4 nitrogen and oxygen atoms in total. The third-order valence-corrected chi connectivity index (χ3v) is 4.12. The molecule has 0 saturated carbocycles. The number of hydrogen-bond acceptors (Lipinski definition) is 3. The van der Waals surface area contributed by atoms with E-state index >= 15 is 0 Å². The van der Waals surface area contributed by atoms with Crippen LogP contribution in [-0.4, -0.2) is 18.6 Å². The molecule has 1 aromatic rings. The first-order valence-corrected chi connectivity index (χ1v) is 7.00. The van der Waals surface area contributed by atoms with Gasteiger partial charge in [0.2, 0.25) is 5.91 Å². The molecular formula is C14H17ClN2O2. The molecule has 0 radical (unpaired) electrons. The van der Waals surface area contributed by atoms with E-state index in [-0.39, 0.29) is 18.1 Å². The molecule has 3 rings (SSSR count). The van der Waals surface area contributed by atoms with Crippen LogP contribution in [0.15, 0.2) is 12.1 Å². The number of carbonyl (C=O) groups excluding carboxylic acids is 1. The fraction of sp³-hybridized carbons (Fsp3) is 0.500.